The molecule has 1 aromatic carbocycles. The van der Waals surface area contributed by atoms with Gasteiger partial charge in [-0.05, 0) is 44.2 Å². The fourth-order valence-corrected chi connectivity index (χ4v) is 2.93. The highest BCUT2D eigenvalue weighted by Crippen LogP contribution is 2.15. The molecule has 0 aliphatic carbocycles. The third-order valence-electron chi connectivity index (χ3n) is 2.71. The second-order valence-electron chi connectivity index (χ2n) is 4.15. The fraction of sp³-hybridized carbons (Fsp3) is 0.308. The number of nitrogen functional groups attached to an aromatic ring is 1. The van der Waals surface area contributed by atoms with Crippen molar-refractivity contribution >= 4 is 16.5 Å². The molecule has 18 heavy (non-hydrogen) atoms. The predicted octanol–water partition coefficient (Wildman–Crippen LogP) is 2.10. The molecule has 1 heterocycles. The lowest BCUT2D eigenvalue weighted by Gasteiger charge is -2.05. The zero-order valence-electron chi connectivity index (χ0n) is 10.6. The quantitative estimate of drug-likeness (QED) is 0.859. The molecule has 0 saturated carbocycles. The van der Waals surface area contributed by atoms with E-state index in [0.717, 1.165) is 22.8 Å². The van der Waals surface area contributed by atoms with Crippen molar-refractivity contribution in [2.45, 2.75) is 31.0 Å². The Morgan fingerprint density at radius 1 is 1.33 bits per heavy atom. The van der Waals surface area contributed by atoms with Crippen LogP contribution in [0.5, 0.6) is 0 Å². The molecule has 4 nitrogen and oxygen atoms in total. The van der Waals surface area contributed by atoms with Gasteiger partial charge >= 0.3 is 0 Å². The van der Waals surface area contributed by atoms with Crippen LogP contribution in [0.15, 0.2) is 35.2 Å². The van der Waals surface area contributed by atoms with Crippen molar-refractivity contribution in [3.8, 4) is 0 Å². The summed E-state index contributed by atoms with van der Waals surface area (Å²) in [6.07, 6.45) is 0. The second-order valence-corrected chi connectivity index (χ2v) is 5.60. The number of hydrogen-bond donors (Lipinski definition) is 1. The average Bonchev–Trinajstić information content (AvgIpc) is 2.70. The number of benzene rings is 1. The smallest absolute Gasteiger partial charge is 0.0702 e. The van der Waals surface area contributed by atoms with Gasteiger partial charge in [0, 0.05) is 17.1 Å². The maximum Gasteiger partial charge on any atom is 0.0702 e. The summed E-state index contributed by atoms with van der Waals surface area (Å²) in [5, 5.41) is 4.35. The Labute approximate surface area is 109 Å². The van der Waals surface area contributed by atoms with Gasteiger partial charge in [-0.3, -0.25) is 8.89 Å². The molecule has 1 unspecified atom stereocenters. The van der Waals surface area contributed by atoms with E-state index in [1.165, 1.54) is 0 Å². The van der Waals surface area contributed by atoms with Gasteiger partial charge in [0.2, 0.25) is 0 Å². The fourth-order valence-electron chi connectivity index (χ4n) is 1.83. The monoisotopic (exact) mass is 263 g/mol. The predicted molar refractivity (Wildman–Crippen MR) is 73.6 cm³/mol. The third-order valence-corrected chi connectivity index (χ3v) is 4.06. The molecule has 1 aromatic heterocycles. The molecule has 96 valence electrons. The van der Waals surface area contributed by atoms with Crippen LogP contribution in [0.2, 0.25) is 0 Å². The molecule has 0 fully saturated rings. The van der Waals surface area contributed by atoms with Gasteiger partial charge in [0.25, 0.3) is 0 Å². The highest BCUT2D eigenvalue weighted by atomic mass is 32.2. The lowest BCUT2D eigenvalue weighted by Crippen LogP contribution is -2.06. The first-order valence-electron chi connectivity index (χ1n) is 5.87. The number of anilines is 1. The molecule has 2 rings (SSSR count). The summed E-state index contributed by atoms with van der Waals surface area (Å²) in [6.45, 7) is 4.77. The first kappa shape index (κ1) is 12.8. The van der Waals surface area contributed by atoms with Crippen LogP contribution < -0.4 is 5.73 Å². The largest absolute Gasteiger partial charge is 0.399 e. The van der Waals surface area contributed by atoms with Crippen LogP contribution in [0.1, 0.15) is 18.3 Å². The molecule has 0 bridgehead atoms. The number of nitrogens with zero attached hydrogens (tertiary/aromatic N) is 2. The van der Waals surface area contributed by atoms with E-state index in [0.29, 0.717) is 11.4 Å². The van der Waals surface area contributed by atoms with Crippen molar-refractivity contribution in [3.05, 3.63) is 41.7 Å². The summed E-state index contributed by atoms with van der Waals surface area (Å²) in [4.78, 5) is 0.797. The van der Waals surface area contributed by atoms with Gasteiger partial charge in [0.15, 0.2) is 0 Å². The van der Waals surface area contributed by atoms with Gasteiger partial charge in [-0.1, -0.05) is 0 Å². The first-order chi connectivity index (χ1) is 8.60. The van der Waals surface area contributed by atoms with Gasteiger partial charge in [0.05, 0.1) is 27.9 Å². The highest BCUT2D eigenvalue weighted by molar-refractivity contribution is 7.84. The number of nitrogens with two attached hydrogens (primary N) is 1. The van der Waals surface area contributed by atoms with E-state index >= 15 is 0 Å². The lowest BCUT2D eigenvalue weighted by molar-refractivity contribution is 0.627. The Balaban J connectivity index is 2.18. The van der Waals surface area contributed by atoms with E-state index < -0.39 is 10.8 Å². The number of aromatic nitrogens is 2. The van der Waals surface area contributed by atoms with Gasteiger partial charge in [-0.15, -0.1) is 0 Å². The molecule has 2 N–H and O–H groups in total. The number of aryl methyl sites for hydroxylation is 2. The van der Waals surface area contributed by atoms with E-state index in [1.54, 1.807) is 12.1 Å². The number of rotatable bonds is 4. The summed E-state index contributed by atoms with van der Waals surface area (Å²) in [5.41, 5.74) is 8.26. The maximum absolute atomic E-state index is 12.2. The van der Waals surface area contributed by atoms with Gasteiger partial charge in [0.1, 0.15) is 0 Å². The zero-order chi connectivity index (χ0) is 13.1. The molecule has 0 aliphatic rings. The SMILES string of the molecule is CCn1nc(C)cc1CS(=O)c1ccc(N)cc1. The standard InChI is InChI=1S/C13H17N3OS/c1-3-16-12(8-10(2)15-16)9-18(17)13-6-4-11(14)5-7-13/h4-8H,3,9,14H2,1-2H3. The summed E-state index contributed by atoms with van der Waals surface area (Å²) in [5.74, 6) is 0.485. The van der Waals surface area contributed by atoms with Crippen molar-refractivity contribution in [2.75, 3.05) is 5.73 Å². The van der Waals surface area contributed by atoms with Gasteiger partial charge < -0.3 is 5.73 Å². The molecule has 1 atom stereocenters. The third kappa shape index (κ3) is 2.79. The minimum absolute atomic E-state index is 0.485. The van der Waals surface area contributed by atoms with Crippen molar-refractivity contribution < 1.29 is 4.21 Å². The summed E-state index contributed by atoms with van der Waals surface area (Å²) in [7, 11) is -1.06. The van der Waals surface area contributed by atoms with Crippen molar-refractivity contribution in [1.29, 1.82) is 0 Å². The molecule has 0 saturated heterocycles. The Kier molecular flexibility index (Phi) is 3.81. The Morgan fingerprint density at radius 3 is 2.61 bits per heavy atom. The molecular formula is C13H17N3OS. The van der Waals surface area contributed by atoms with Crippen LogP contribution in [-0.4, -0.2) is 14.0 Å². The molecule has 2 aromatic rings. The van der Waals surface area contributed by atoms with Crippen LogP contribution in [0, 0.1) is 6.92 Å². The minimum Gasteiger partial charge on any atom is -0.399 e. The van der Waals surface area contributed by atoms with E-state index in [9.17, 15) is 4.21 Å². The van der Waals surface area contributed by atoms with E-state index in [1.807, 2.05) is 36.7 Å². The summed E-state index contributed by atoms with van der Waals surface area (Å²) >= 11 is 0. The van der Waals surface area contributed by atoms with Gasteiger partial charge in [-0.25, -0.2) is 0 Å². The maximum atomic E-state index is 12.2. The lowest BCUT2D eigenvalue weighted by atomic mass is 10.3. The molecule has 0 amide bonds. The molecular weight excluding hydrogens is 246 g/mol. The highest BCUT2D eigenvalue weighted by Gasteiger charge is 2.10. The Hall–Kier alpha value is -1.62. The van der Waals surface area contributed by atoms with Crippen LogP contribution >= 0.6 is 0 Å². The van der Waals surface area contributed by atoms with Crippen LogP contribution in [-0.2, 0) is 23.1 Å². The zero-order valence-corrected chi connectivity index (χ0v) is 11.4. The normalized spacial score (nSPS) is 12.6. The number of hydrogen-bond acceptors (Lipinski definition) is 3. The van der Waals surface area contributed by atoms with Crippen LogP contribution in [0.3, 0.4) is 0 Å². The van der Waals surface area contributed by atoms with E-state index in [-0.39, 0.29) is 0 Å². The minimum atomic E-state index is -1.06. The topological polar surface area (TPSA) is 60.9 Å². The Bertz CT molecular complexity index is 560. The summed E-state index contributed by atoms with van der Waals surface area (Å²) in [6, 6.07) is 9.15. The molecule has 5 heteroatoms. The van der Waals surface area contributed by atoms with E-state index in [4.69, 9.17) is 5.73 Å². The summed E-state index contributed by atoms with van der Waals surface area (Å²) < 4.78 is 14.1. The van der Waals surface area contributed by atoms with Crippen molar-refractivity contribution in [3.63, 3.8) is 0 Å². The van der Waals surface area contributed by atoms with E-state index in [2.05, 4.69) is 5.10 Å². The molecule has 0 aliphatic heterocycles. The Morgan fingerprint density at radius 2 is 2.00 bits per heavy atom. The molecule has 0 spiro atoms. The molecule has 0 radical (unpaired) electrons. The van der Waals surface area contributed by atoms with Crippen molar-refractivity contribution in [1.82, 2.24) is 9.78 Å². The van der Waals surface area contributed by atoms with Gasteiger partial charge in [-0.2, -0.15) is 5.10 Å². The van der Waals surface area contributed by atoms with Crippen molar-refractivity contribution in [2.24, 2.45) is 0 Å². The first-order valence-corrected chi connectivity index (χ1v) is 7.19. The van der Waals surface area contributed by atoms with Crippen LogP contribution in [0.4, 0.5) is 5.69 Å². The van der Waals surface area contributed by atoms with Crippen LogP contribution in [0.25, 0.3) is 0 Å². The average molecular weight is 263 g/mol. The second kappa shape index (κ2) is 5.35.